The van der Waals surface area contributed by atoms with E-state index in [9.17, 15) is 4.79 Å². The lowest BCUT2D eigenvalue weighted by molar-refractivity contribution is -0.111. The van der Waals surface area contributed by atoms with Crippen LogP contribution in [0.5, 0.6) is 5.75 Å². The third-order valence-electron chi connectivity index (χ3n) is 4.72. The predicted octanol–water partition coefficient (Wildman–Crippen LogP) is 5.87. The SMILES string of the molecule is COc1ccc(-c2nc3cc(C(C)C)ccc3o2)cc1NC(=O)/C=C/c1ccco1. The summed E-state index contributed by atoms with van der Waals surface area (Å²) in [6, 6.07) is 15.0. The lowest BCUT2D eigenvalue weighted by Crippen LogP contribution is -2.09. The van der Waals surface area contributed by atoms with Crippen LogP contribution >= 0.6 is 0 Å². The maximum atomic E-state index is 12.3. The number of hydrogen-bond donors (Lipinski definition) is 1. The molecule has 30 heavy (non-hydrogen) atoms. The first-order valence-electron chi connectivity index (χ1n) is 9.65. The van der Waals surface area contributed by atoms with Crippen LogP contribution in [0.25, 0.3) is 28.6 Å². The van der Waals surface area contributed by atoms with Gasteiger partial charge in [0, 0.05) is 11.6 Å². The van der Waals surface area contributed by atoms with Crippen LogP contribution in [0, 0.1) is 0 Å². The Morgan fingerprint density at radius 1 is 1.17 bits per heavy atom. The maximum absolute atomic E-state index is 12.3. The number of carbonyl (C=O) groups is 1. The molecule has 1 N–H and O–H groups in total. The molecule has 0 fully saturated rings. The molecule has 0 atom stereocenters. The number of rotatable bonds is 6. The van der Waals surface area contributed by atoms with Crippen molar-refractivity contribution in [1.29, 1.82) is 0 Å². The van der Waals surface area contributed by atoms with Crippen molar-refractivity contribution in [2.24, 2.45) is 0 Å². The van der Waals surface area contributed by atoms with Gasteiger partial charge >= 0.3 is 0 Å². The van der Waals surface area contributed by atoms with Crippen molar-refractivity contribution < 1.29 is 18.4 Å². The third-order valence-corrected chi connectivity index (χ3v) is 4.72. The zero-order valence-corrected chi connectivity index (χ0v) is 17.0. The number of hydrogen-bond acceptors (Lipinski definition) is 5. The molecule has 0 aliphatic rings. The zero-order valence-electron chi connectivity index (χ0n) is 17.0. The Bertz CT molecular complexity index is 1200. The number of furan rings is 1. The molecule has 2 aromatic carbocycles. The van der Waals surface area contributed by atoms with E-state index < -0.39 is 0 Å². The van der Waals surface area contributed by atoms with Crippen molar-refractivity contribution >= 4 is 28.8 Å². The summed E-state index contributed by atoms with van der Waals surface area (Å²) in [4.78, 5) is 17.0. The highest BCUT2D eigenvalue weighted by atomic mass is 16.5. The largest absolute Gasteiger partial charge is 0.495 e. The summed E-state index contributed by atoms with van der Waals surface area (Å²) in [6.45, 7) is 4.28. The Kier molecular flexibility index (Phi) is 5.39. The molecule has 152 valence electrons. The second-order valence-electron chi connectivity index (χ2n) is 7.15. The minimum atomic E-state index is -0.305. The van der Waals surface area contributed by atoms with Crippen molar-refractivity contribution in [3.63, 3.8) is 0 Å². The Morgan fingerprint density at radius 2 is 2.03 bits per heavy atom. The van der Waals surface area contributed by atoms with Crippen LogP contribution in [0.3, 0.4) is 0 Å². The molecule has 0 aliphatic carbocycles. The number of ether oxygens (including phenoxy) is 1. The summed E-state index contributed by atoms with van der Waals surface area (Å²) in [6.07, 6.45) is 4.55. The fourth-order valence-electron chi connectivity index (χ4n) is 3.08. The molecule has 2 aromatic heterocycles. The van der Waals surface area contributed by atoms with Gasteiger partial charge in [-0.2, -0.15) is 0 Å². The standard InChI is InChI=1S/C24H22N2O4/c1-15(2)16-6-10-22-20(13-16)26-24(30-22)17-7-9-21(28-3)19(14-17)25-23(27)11-8-18-5-4-12-29-18/h4-15H,1-3H3,(H,25,27)/b11-8+. The number of amides is 1. The Labute approximate surface area is 174 Å². The molecule has 6 nitrogen and oxygen atoms in total. The normalized spacial score (nSPS) is 11.5. The van der Waals surface area contributed by atoms with Crippen LogP contribution < -0.4 is 10.1 Å². The van der Waals surface area contributed by atoms with Gasteiger partial charge in [-0.3, -0.25) is 4.79 Å². The molecular weight excluding hydrogens is 380 g/mol. The van der Waals surface area contributed by atoms with E-state index in [0.29, 0.717) is 29.0 Å². The van der Waals surface area contributed by atoms with Gasteiger partial charge in [0.25, 0.3) is 0 Å². The monoisotopic (exact) mass is 402 g/mol. The lowest BCUT2D eigenvalue weighted by atomic mass is 10.0. The van der Waals surface area contributed by atoms with Crippen LogP contribution in [0.2, 0.25) is 0 Å². The van der Waals surface area contributed by atoms with E-state index in [1.807, 2.05) is 24.3 Å². The third kappa shape index (κ3) is 4.12. The van der Waals surface area contributed by atoms with Crippen LogP contribution in [0.4, 0.5) is 5.69 Å². The van der Waals surface area contributed by atoms with E-state index in [4.69, 9.17) is 13.6 Å². The highest BCUT2D eigenvalue weighted by molar-refractivity contribution is 6.03. The molecule has 4 rings (SSSR count). The molecule has 0 radical (unpaired) electrons. The van der Waals surface area contributed by atoms with Gasteiger partial charge in [-0.05, 0) is 60.0 Å². The number of oxazole rings is 1. The predicted molar refractivity (Wildman–Crippen MR) is 116 cm³/mol. The Balaban J connectivity index is 1.62. The maximum Gasteiger partial charge on any atom is 0.248 e. The van der Waals surface area contributed by atoms with Gasteiger partial charge in [0.15, 0.2) is 5.58 Å². The quantitative estimate of drug-likeness (QED) is 0.408. The minimum Gasteiger partial charge on any atom is -0.495 e. The summed E-state index contributed by atoms with van der Waals surface area (Å²) in [5.41, 5.74) is 3.99. The molecule has 1 amide bonds. The van der Waals surface area contributed by atoms with Gasteiger partial charge in [0.1, 0.15) is 17.0 Å². The van der Waals surface area contributed by atoms with Gasteiger partial charge in [-0.1, -0.05) is 19.9 Å². The van der Waals surface area contributed by atoms with Crippen molar-refractivity contribution in [2.75, 3.05) is 12.4 Å². The number of aromatic nitrogens is 1. The molecule has 0 saturated carbocycles. The van der Waals surface area contributed by atoms with E-state index >= 15 is 0 Å². The van der Waals surface area contributed by atoms with E-state index in [2.05, 4.69) is 24.1 Å². The number of anilines is 1. The van der Waals surface area contributed by atoms with Crippen molar-refractivity contribution in [3.8, 4) is 17.2 Å². The van der Waals surface area contributed by atoms with Crippen LogP contribution in [0.15, 0.2) is 69.7 Å². The fraction of sp³-hybridized carbons (Fsp3) is 0.167. The number of nitrogens with one attached hydrogen (secondary N) is 1. The summed E-state index contributed by atoms with van der Waals surface area (Å²) in [5.74, 6) is 1.72. The summed E-state index contributed by atoms with van der Waals surface area (Å²) in [5, 5.41) is 2.83. The number of carbonyl (C=O) groups excluding carboxylic acids is 1. The molecule has 0 bridgehead atoms. The number of methoxy groups -OCH3 is 1. The number of benzene rings is 2. The van der Waals surface area contributed by atoms with E-state index in [1.54, 1.807) is 43.7 Å². The zero-order chi connectivity index (χ0) is 21.1. The highest BCUT2D eigenvalue weighted by Gasteiger charge is 2.13. The van der Waals surface area contributed by atoms with Crippen LogP contribution in [0.1, 0.15) is 31.1 Å². The molecule has 2 heterocycles. The van der Waals surface area contributed by atoms with E-state index in [0.717, 1.165) is 16.7 Å². The second kappa shape index (κ2) is 8.29. The molecule has 0 aliphatic heterocycles. The van der Waals surface area contributed by atoms with E-state index in [1.165, 1.54) is 11.6 Å². The topological polar surface area (TPSA) is 77.5 Å². The molecule has 0 unspecified atom stereocenters. The average molecular weight is 402 g/mol. The van der Waals surface area contributed by atoms with E-state index in [-0.39, 0.29) is 5.91 Å². The molecule has 6 heteroatoms. The van der Waals surface area contributed by atoms with Crippen molar-refractivity contribution in [1.82, 2.24) is 4.98 Å². The molecule has 0 spiro atoms. The first-order chi connectivity index (χ1) is 14.5. The van der Waals surface area contributed by atoms with Gasteiger partial charge in [-0.25, -0.2) is 4.98 Å². The summed E-state index contributed by atoms with van der Waals surface area (Å²) < 4.78 is 16.5. The minimum absolute atomic E-state index is 0.305. The molecular formula is C24H22N2O4. The smallest absolute Gasteiger partial charge is 0.248 e. The number of nitrogens with zero attached hydrogens (tertiary/aromatic N) is 1. The lowest BCUT2D eigenvalue weighted by Gasteiger charge is -2.10. The summed E-state index contributed by atoms with van der Waals surface area (Å²) >= 11 is 0. The van der Waals surface area contributed by atoms with Crippen LogP contribution in [-0.4, -0.2) is 18.0 Å². The summed E-state index contributed by atoms with van der Waals surface area (Å²) in [7, 11) is 1.55. The average Bonchev–Trinajstić information content (AvgIpc) is 3.41. The second-order valence-corrected chi connectivity index (χ2v) is 7.15. The van der Waals surface area contributed by atoms with Gasteiger partial charge in [-0.15, -0.1) is 0 Å². The number of fused-ring (bicyclic) bond motifs is 1. The van der Waals surface area contributed by atoms with Gasteiger partial charge in [0.2, 0.25) is 11.8 Å². The first-order valence-corrected chi connectivity index (χ1v) is 9.65. The Morgan fingerprint density at radius 3 is 2.77 bits per heavy atom. The fourth-order valence-corrected chi connectivity index (χ4v) is 3.08. The van der Waals surface area contributed by atoms with Gasteiger partial charge < -0.3 is 18.9 Å². The molecule has 0 saturated heterocycles. The van der Waals surface area contributed by atoms with Crippen molar-refractivity contribution in [2.45, 2.75) is 19.8 Å². The van der Waals surface area contributed by atoms with Crippen LogP contribution in [-0.2, 0) is 4.79 Å². The van der Waals surface area contributed by atoms with Gasteiger partial charge in [0.05, 0.1) is 19.1 Å². The first kappa shape index (κ1) is 19.5. The Hall–Kier alpha value is -3.80. The highest BCUT2D eigenvalue weighted by Crippen LogP contribution is 2.32. The molecule has 4 aromatic rings. The van der Waals surface area contributed by atoms with Crippen molar-refractivity contribution in [3.05, 3.63) is 72.2 Å².